The van der Waals surface area contributed by atoms with Crippen LogP contribution in [0.2, 0.25) is 0 Å². The van der Waals surface area contributed by atoms with Gasteiger partial charge < -0.3 is 10.1 Å². The number of ether oxygens (including phenoxy) is 1. The minimum atomic E-state index is -3.56. The Hall–Kier alpha value is -2.54. The molecule has 6 nitrogen and oxygen atoms in total. The number of hydrogen-bond donors (Lipinski definition) is 1. The molecule has 0 radical (unpaired) electrons. The van der Waals surface area contributed by atoms with Crippen LogP contribution in [0.15, 0.2) is 48.5 Å². The molecular weight excluding hydrogens is 340 g/mol. The normalized spacial score (nSPS) is 11.0. The van der Waals surface area contributed by atoms with Crippen LogP contribution in [0.25, 0.3) is 0 Å². The van der Waals surface area contributed by atoms with E-state index in [9.17, 15) is 13.2 Å². The number of nitrogens with zero attached hydrogens (tertiary/aromatic N) is 1. The molecule has 25 heavy (non-hydrogen) atoms. The van der Waals surface area contributed by atoms with E-state index in [0.29, 0.717) is 17.1 Å². The van der Waals surface area contributed by atoms with Crippen LogP contribution in [0.3, 0.4) is 0 Å². The summed E-state index contributed by atoms with van der Waals surface area (Å²) in [6, 6.07) is 14.3. The quantitative estimate of drug-likeness (QED) is 0.822. The molecule has 1 amide bonds. The van der Waals surface area contributed by atoms with E-state index >= 15 is 0 Å². The minimum absolute atomic E-state index is 0.0251. The fourth-order valence-corrected chi connectivity index (χ4v) is 3.33. The molecule has 0 saturated heterocycles. The Bertz CT molecular complexity index is 835. The average molecular weight is 362 g/mol. The van der Waals surface area contributed by atoms with Gasteiger partial charge in [0.15, 0.2) is 0 Å². The number of sulfonamides is 1. The lowest BCUT2D eigenvalue weighted by Crippen LogP contribution is -2.33. The van der Waals surface area contributed by atoms with Gasteiger partial charge in [0.2, 0.25) is 15.9 Å². The van der Waals surface area contributed by atoms with Crippen molar-refractivity contribution in [3.63, 3.8) is 0 Å². The van der Waals surface area contributed by atoms with Crippen LogP contribution in [-0.2, 0) is 14.8 Å². The van der Waals surface area contributed by atoms with Crippen LogP contribution in [0.5, 0.6) is 5.75 Å². The van der Waals surface area contributed by atoms with Crippen molar-refractivity contribution >= 4 is 27.3 Å². The number of benzene rings is 2. The second-order valence-corrected chi connectivity index (χ2v) is 7.58. The second kappa shape index (κ2) is 8.02. The van der Waals surface area contributed by atoms with Gasteiger partial charge in [-0.05, 0) is 36.8 Å². The molecule has 0 atom stereocenters. The third-order valence-electron chi connectivity index (χ3n) is 3.60. The van der Waals surface area contributed by atoms with E-state index in [0.717, 1.165) is 11.8 Å². The van der Waals surface area contributed by atoms with Crippen LogP contribution >= 0.6 is 0 Å². The van der Waals surface area contributed by atoms with Crippen molar-refractivity contribution in [1.29, 1.82) is 0 Å². The van der Waals surface area contributed by atoms with E-state index in [-0.39, 0.29) is 18.9 Å². The van der Waals surface area contributed by atoms with Gasteiger partial charge in [-0.1, -0.05) is 24.3 Å². The van der Waals surface area contributed by atoms with E-state index in [1.165, 1.54) is 11.4 Å². The molecular formula is C18H22N2O4S. The highest BCUT2D eigenvalue weighted by Crippen LogP contribution is 2.31. The smallest absolute Gasteiger partial charge is 0.232 e. The molecule has 2 rings (SSSR count). The molecule has 0 aliphatic carbocycles. The molecule has 2 aromatic carbocycles. The highest BCUT2D eigenvalue weighted by Gasteiger charge is 2.22. The van der Waals surface area contributed by atoms with Crippen LogP contribution in [0.4, 0.5) is 11.4 Å². The van der Waals surface area contributed by atoms with Crippen LogP contribution < -0.4 is 14.4 Å². The Labute approximate surface area is 148 Å². The third kappa shape index (κ3) is 5.22. The highest BCUT2D eigenvalue weighted by molar-refractivity contribution is 7.92. The zero-order chi connectivity index (χ0) is 18.4. The van der Waals surface area contributed by atoms with Gasteiger partial charge in [-0.25, -0.2) is 8.42 Å². The van der Waals surface area contributed by atoms with Gasteiger partial charge in [0, 0.05) is 18.7 Å². The topological polar surface area (TPSA) is 75.7 Å². The van der Waals surface area contributed by atoms with Gasteiger partial charge in [-0.2, -0.15) is 0 Å². The Morgan fingerprint density at radius 2 is 1.84 bits per heavy atom. The van der Waals surface area contributed by atoms with Crippen molar-refractivity contribution in [2.75, 3.05) is 29.5 Å². The summed E-state index contributed by atoms with van der Waals surface area (Å²) in [5.74, 6) is 0.186. The molecule has 0 aliphatic heterocycles. The van der Waals surface area contributed by atoms with Crippen molar-refractivity contribution < 1.29 is 17.9 Å². The lowest BCUT2D eigenvalue weighted by atomic mass is 10.2. The van der Waals surface area contributed by atoms with Gasteiger partial charge in [0.1, 0.15) is 5.75 Å². The minimum Gasteiger partial charge on any atom is -0.495 e. The molecule has 0 aromatic heterocycles. The Morgan fingerprint density at radius 3 is 2.44 bits per heavy atom. The van der Waals surface area contributed by atoms with Crippen molar-refractivity contribution in [3.05, 3.63) is 54.1 Å². The number of nitrogens with one attached hydrogen (secondary N) is 1. The maximum absolute atomic E-state index is 12.2. The maximum Gasteiger partial charge on any atom is 0.232 e. The molecule has 0 bridgehead atoms. The van der Waals surface area contributed by atoms with Gasteiger partial charge in [-0.3, -0.25) is 9.10 Å². The molecule has 0 unspecified atom stereocenters. The monoisotopic (exact) mass is 362 g/mol. The first-order valence-electron chi connectivity index (χ1n) is 7.78. The SMILES string of the molecule is COc1ccc(C)cc1N(CCC(=O)Nc1ccccc1)S(C)(=O)=O. The fourth-order valence-electron chi connectivity index (χ4n) is 2.41. The number of para-hydroxylation sites is 1. The number of carbonyl (C=O) groups excluding carboxylic acids is 1. The van der Waals surface area contributed by atoms with E-state index in [1.807, 2.05) is 31.2 Å². The zero-order valence-corrected chi connectivity index (χ0v) is 15.3. The molecule has 7 heteroatoms. The van der Waals surface area contributed by atoms with Crippen LogP contribution in [0.1, 0.15) is 12.0 Å². The molecule has 1 N–H and O–H groups in total. The highest BCUT2D eigenvalue weighted by atomic mass is 32.2. The summed E-state index contributed by atoms with van der Waals surface area (Å²) in [6.07, 6.45) is 1.14. The molecule has 134 valence electrons. The summed E-state index contributed by atoms with van der Waals surface area (Å²) in [7, 11) is -2.08. The first-order valence-corrected chi connectivity index (χ1v) is 9.63. The Kier molecular flexibility index (Phi) is 6.03. The summed E-state index contributed by atoms with van der Waals surface area (Å²) < 4.78 is 30.9. The summed E-state index contributed by atoms with van der Waals surface area (Å²) in [4.78, 5) is 12.1. The summed E-state index contributed by atoms with van der Waals surface area (Å²) in [6.45, 7) is 1.89. The van der Waals surface area contributed by atoms with E-state index < -0.39 is 10.0 Å². The van der Waals surface area contributed by atoms with Crippen molar-refractivity contribution in [3.8, 4) is 5.75 Å². The van der Waals surface area contributed by atoms with Crippen LogP contribution in [-0.4, -0.2) is 34.2 Å². The molecule has 0 spiro atoms. The Morgan fingerprint density at radius 1 is 1.16 bits per heavy atom. The first kappa shape index (κ1) is 18.8. The number of hydrogen-bond acceptors (Lipinski definition) is 4. The van der Waals surface area contributed by atoms with Gasteiger partial charge in [-0.15, -0.1) is 0 Å². The third-order valence-corrected chi connectivity index (χ3v) is 4.78. The zero-order valence-electron chi connectivity index (χ0n) is 14.5. The summed E-state index contributed by atoms with van der Waals surface area (Å²) in [5, 5.41) is 2.75. The number of anilines is 2. The molecule has 2 aromatic rings. The van der Waals surface area contributed by atoms with Crippen molar-refractivity contribution in [2.24, 2.45) is 0 Å². The number of carbonyl (C=O) groups is 1. The molecule has 0 aliphatic rings. The van der Waals surface area contributed by atoms with Crippen molar-refractivity contribution in [2.45, 2.75) is 13.3 Å². The van der Waals surface area contributed by atoms with E-state index in [1.54, 1.807) is 24.3 Å². The maximum atomic E-state index is 12.2. The van der Waals surface area contributed by atoms with E-state index in [4.69, 9.17) is 4.74 Å². The van der Waals surface area contributed by atoms with Crippen LogP contribution in [0, 0.1) is 6.92 Å². The average Bonchev–Trinajstić information content (AvgIpc) is 2.55. The largest absolute Gasteiger partial charge is 0.495 e. The Balaban J connectivity index is 2.17. The molecule has 0 fully saturated rings. The lowest BCUT2D eigenvalue weighted by Gasteiger charge is -2.24. The van der Waals surface area contributed by atoms with Gasteiger partial charge in [0.25, 0.3) is 0 Å². The standard InChI is InChI=1S/C18H22N2O4S/c1-14-9-10-17(24-2)16(13-14)20(25(3,22)23)12-11-18(21)19-15-7-5-4-6-8-15/h4-10,13H,11-12H2,1-3H3,(H,19,21). The first-order chi connectivity index (χ1) is 11.8. The second-order valence-electron chi connectivity index (χ2n) is 5.67. The number of amides is 1. The predicted molar refractivity (Wildman–Crippen MR) is 99.6 cm³/mol. The summed E-state index contributed by atoms with van der Waals surface area (Å²) >= 11 is 0. The van der Waals surface area contributed by atoms with Gasteiger partial charge >= 0.3 is 0 Å². The fraction of sp³-hybridized carbons (Fsp3) is 0.278. The lowest BCUT2D eigenvalue weighted by molar-refractivity contribution is -0.116. The molecule has 0 heterocycles. The number of rotatable bonds is 7. The van der Waals surface area contributed by atoms with E-state index in [2.05, 4.69) is 5.32 Å². The van der Waals surface area contributed by atoms with Crippen molar-refractivity contribution in [1.82, 2.24) is 0 Å². The predicted octanol–water partition coefficient (Wildman–Crippen LogP) is 2.80. The number of aryl methyl sites for hydroxylation is 1. The molecule has 0 saturated carbocycles. The number of methoxy groups -OCH3 is 1. The van der Waals surface area contributed by atoms with Gasteiger partial charge in [0.05, 0.1) is 19.1 Å². The summed E-state index contributed by atoms with van der Waals surface area (Å²) in [5.41, 5.74) is 2.00.